The van der Waals surface area contributed by atoms with E-state index in [0.717, 1.165) is 33.7 Å². The molecule has 1 heterocycles. The Morgan fingerprint density at radius 1 is 0.524 bits per heavy atom. The molecule has 198 valence electrons. The zero-order valence-corrected chi connectivity index (χ0v) is 22.6. The fourth-order valence-corrected chi connectivity index (χ4v) is 5.92. The van der Waals surface area contributed by atoms with Crippen molar-refractivity contribution in [2.24, 2.45) is 0 Å². The maximum atomic E-state index is 8.96. The fraction of sp³-hybridized carbons (Fsp3) is 0.0250. The molecule has 42 heavy (non-hydrogen) atoms. The van der Waals surface area contributed by atoms with E-state index in [-0.39, 0.29) is 35.3 Å². The minimum absolute atomic E-state index is 0.00905. The zero-order valence-electron chi connectivity index (χ0n) is 32.6. The Morgan fingerprint density at radius 3 is 1.74 bits per heavy atom. The Morgan fingerprint density at radius 2 is 1.07 bits per heavy atom. The number of benzene rings is 7. The lowest BCUT2D eigenvalue weighted by atomic mass is 9.85. The van der Waals surface area contributed by atoms with Gasteiger partial charge in [0.15, 0.2) is 0 Å². The molecule has 1 aromatic heterocycles. The number of imidazole rings is 1. The third-order valence-corrected chi connectivity index (χ3v) is 7.71. The Bertz CT molecular complexity index is 2750. The van der Waals surface area contributed by atoms with E-state index in [1.165, 1.54) is 0 Å². The summed E-state index contributed by atoms with van der Waals surface area (Å²) in [5.41, 5.74) is 5.20. The Kier molecular flexibility index (Phi) is 3.78. The first kappa shape index (κ1) is 16.1. The number of aryl methyl sites for hydroxylation is 1. The third-order valence-electron chi connectivity index (χ3n) is 7.71. The van der Waals surface area contributed by atoms with E-state index < -0.39 is 36.3 Å². The van der Waals surface area contributed by atoms with Crippen LogP contribution in [0.15, 0.2) is 151 Å². The van der Waals surface area contributed by atoms with Crippen LogP contribution >= 0.6 is 0 Å². The molecule has 0 saturated heterocycles. The molecule has 0 aliphatic rings. The highest BCUT2D eigenvalue weighted by molar-refractivity contribution is 6.21. The predicted octanol–water partition coefficient (Wildman–Crippen LogP) is 10.6. The summed E-state index contributed by atoms with van der Waals surface area (Å²) in [7, 11) is 0. The molecule has 0 aliphatic carbocycles. The minimum atomic E-state index is -0.509. The highest BCUT2D eigenvalue weighted by Gasteiger charge is 2.17. The Hall–Kier alpha value is -5.47. The van der Waals surface area contributed by atoms with Crippen molar-refractivity contribution < 1.29 is 13.7 Å². The second-order valence-corrected chi connectivity index (χ2v) is 10.1. The van der Waals surface area contributed by atoms with E-state index >= 15 is 0 Å². The van der Waals surface area contributed by atoms with Gasteiger partial charge < -0.3 is 0 Å². The van der Waals surface area contributed by atoms with Crippen molar-refractivity contribution in [1.29, 1.82) is 0 Å². The van der Waals surface area contributed by atoms with Crippen LogP contribution in [0.4, 0.5) is 0 Å². The summed E-state index contributed by atoms with van der Waals surface area (Å²) < 4.78 is 88.2. The topological polar surface area (TPSA) is 17.8 Å². The lowest BCUT2D eigenvalue weighted by Gasteiger charge is -2.18. The van der Waals surface area contributed by atoms with E-state index in [2.05, 4.69) is 4.57 Å². The van der Waals surface area contributed by atoms with Crippen LogP contribution < -0.4 is 0 Å². The van der Waals surface area contributed by atoms with Crippen molar-refractivity contribution in [3.63, 3.8) is 0 Å². The van der Waals surface area contributed by atoms with Crippen molar-refractivity contribution >= 4 is 32.6 Å². The van der Waals surface area contributed by atoms with Gasteiger partial charge in [-0.15, -0.1) is 0 Å². The van der Waals surface area contributed by atoms with Gasteiger partial charge in [0, 0.05) is 5.69 Å². The molecule has 0 atom stereocenters. The van der Waals surface area contributed by atoms with Crippen LogP contribution in [0.2, 0.25) is 0 Å². The molecule has 0 radical (unpaired) electrons. The van der Waals surface area contributed by atoms with Crippen LogP contribution in [0.5, 0.6) is 0 Å². The summed E-state index contributed by atoms with van der Waals surface area (Å²) in [6.07, 6.45) is 0. The predicted molar refractivity (Wildman–Crippen MR) is 177 cm³/mol. The summed E-state index contributed by atoms with van der Waals surface area (Å²) >= 11 is 0. The molecule has 0 spiro atoms. The first-order valence-electron chi connectivity index (χ1n) is 18.6. The molecule has 0 aliphatic heterocycles. The van der Waals surface area contributed by atoms with Crippen LogP contribution in [-0.2, 0) is 0 Å². The van der Waals surface area contributed by atoms with E-state index in [0.29, 0.717) is 32.7 Å². The molecule has 8 aromatic rings. The van der Waals surface area contributed by atoms with Crippen molar-refractivity contribution in [2.45, 2.75) is 6.92 Å². The van der Waals surface area contributed by atoms with Crippen molar-refractivity contribution in [3.8, 4) is 39.1 Å². The number of rotatable bonds is 4. The fourth-order valence-electron chi connectivity index (χ4n) is 5.92. The molecule has 0 bridgehead atoms. The van der Waals surface area contributed by atoms with Gasteiger partial charge in [-0.3, -0.25) is 4.57 Å². The summed E-state index contributed by atoms with van der Waals surface area (Å²) in [6, 6.07) is 24.1. The average molecular weight is 547 g/mol. The number of para-hydroxylation sites is 2. The van der Waals surface area contributed by atoms with Gasteiger partial charge in [-0.25, -0.2) is 4.98 Å². The third kappa shape index (κ3) is 3.92. The second-order valence-electron chi connectivity index (χ2n) is 10.1. The first-order valence-corrected chi connectivity index (χ1v) is 13.6. The number of hydrogen-bond acceptors (Lipinski definition) is 1. The molecule has 0 saturated carbocycles. The van der Waals surface area contributed by atoms with Gasteiger partial charge in [-0.2, -0.15) is 0 Å². The summed E-state index contributed by atoms with van der Waals surface area (Å²) in [5.74, 6) is 0.843. The molecule has 2 nitrogen and oxygen atoms in total. The van der Waals surface area contributed by atoms with Gasteiger partial charge in [0.05, 0.1) is 24.7 Å². The quantitative estimate of drug-likeness (QED) is 0.201. The van der Waals surface area contributed by atoms with Crippen molar-refractivity contribution in [2.75, 3.05) is 0 Å². The molecule has 0 N–H and O–H groups in total. The number of nitrogens with zero attached hydrogens (tertiary/aromatic N) is 2. The molecule has 0 unspecified atom stereocenters. The van der Waals surface area contributed by atoms with Gasteiger partial charge in [0.1, 0.15) is 5.82 Å². The van der Waals surface area contributed by atoms with Gasteiger partial charge in [0.2, 0.25) is 0 Å². The first-order chi connectivity index (χ1) is 24.9. The lowest BCUT2D eigenvalue weighted by Crippen LogP contribution is -1.96. The maximum Gasteiger partial charge on any atom is 0.111 e. The summed E-state index contributed by atoms with van der Waals surface area (Å²) in [6.45, 7) is 1.95. The van der Waals surface area contributed by atoms with Crippen LogP contribution in [0.25, 0.3) is 71.6 Å². The maximum absolute atomic E-state index is 8.96. The second kappa shape index (κ2) is 9.87. The zero-order chi connectivity index (χ0) is 36.7. The van der Waals surface area contributed by atoms with Gasteiger partial charge in [-0.1, -0.05) is 121 Å². The van der Waals surface area contributed by atoms with Gasteiger partial charge in [-0.05, 0) is 92.2 Å². The van der Waals surface area contributed by atoms with Crippen LogP contribution in [0.1, 0.15) is 19.5 Å². The lowest BCUT2D eigenvalue weighted by molar-refractivity contribution is 1.00. The molecule has 2 heteroatoms. The standard InChI is InChI=1S/C40H28N2/c1-27-41-37-18-10-11-19-38(37)42(27)32-23-20-28(21-24-32)31-22-25-35-36(26-31)40(30-14-6-3-7-15-30)34-17-9-8-16-33(34)39(35)29-12-4-2-5-13-29/h2-26H,1H3/i2D,3D,4D,5D,6D,7D,12D,13D,14D,15D. The van der Waals surface area contributed by atoms with E-state index in [1.54, 1.807) is 24.3 Å². The Labute approximate surface area is 259 Å². The van der Waals surface area contributed by atoms with Crippen LogP contribution in [0.3, 0.4) is 0 Å². The number of hydrogen-bond donors (Lipinski definition) is 0. The number of aromatic nitrogens is 2. The monoisotopic (exact) mass is 546 g/mol. The normalized spacial score (nSPS) is 14.8. The molecular weight excluding hydrogens is 508 g/mol. The highest BCUT2D eigenvalue weighted by atomic mass is 15.1. The molecule has 0 fully saturated rings. The minimum Gasteiger partial charge on any atom is -0.297 e. The Balaban J connectivity index is 1.46. The average Bonchev–Trinajstić information content (AvgIpc) is 3.50. The van der Waals surface area contributed by atoms with Crippen LogP contribution in [-0.4, -0.2) is 9.55 Å². The van der Waals surface area contributed by atoms with Crippen molar-refractivity contribution in [3.05, 3.63) is 157 Å². The van der Waals surface area contributed by atoms with Gasteiger partial charge in [0.25, 0.3) is 0 Å². The number of fused-ring (bicyclic) bond motifs is 3. The van der Waals surface area contributed by atoms with E-state index in [4.69, 9.17) is 18.7 Å². The molecule has 8 rings (SSSR count). The molecule has 0 amide bonds. The van der Waals surface area contributed by atoms with E-state index in [9.17, 15) is 0 Å². The summed E-state index contributed by atoms with van der Waals surface area (Å²) in [4.78, 5) is 4.69. The van der Waals surface area contributed by atoms with Crippen molar-refractivity contribution in [1.82, 2.24) is 9.55 Å². The summed E-state index contributed by atoms with van der Waals surface area (Å²) in [5, 5.41) is 2.01. The largest absolute Gasteiger partial charge is 0.297 e. The molecular formula is C40H28N2. The highest BCUT2D eigenvalue weighted by Crippen LogP contribution is 2.44. The smallest absolute Gasteiger partial charge is 0.111 e. The SMILES string of the molecule is [2H]c1c([2H])c([2H])c(-c2c3ccccc3c(-c3c([2H])c([2H])c([2H])c([2H])c3[2H])c3cc(-c4ccc(-n5c(C)nc6ccccc65)cc4)ccc23)c([2H])c1[2H]. The molecule has 7 aromatic carbocycles. The van der Waals surface area contributed by atoms with Gasteiger partial charge >= 0.3 is 0 Å². The van der Waals surface area contributed by atoms with E-state index in [1.807, 2.05) is 73.7 Å². The van der Waals surface area contributed by atoms with Crippen LogP contribution in [0, 0.1) is 6.92 Å².